The number of nitrogens with zero attached hydrogens (tertiary/aromatic N) is 4. The van der Waals surface area contributed by atoms with Gasteiger partial charge in [-0.05, 0) is 6.07 Å². The van der Waals surface area contributed by atoms with E-state index in [1.54, 1.807) is 28.0 Å². The van der Waals surface area contributed by atoms with Crippen molar-refractivity contribution in [3.63, 3.8) is 0 Å². The van der Waals surface area contributed by atoms with Crippen LogP contribution in [0, 0.1) is 0 Å². The average Bonchev–Trinajstić information content (AvgIpc) is 3.05. The molecule has 1 aromatic rings. The molecule has 9 nitrogen and oxygen atoms in total. The zero-order valence-corrected chi connectivity index (χ0v) is 13.6. The number of aliphatic carboxylic acids is 1. The molecule has 1 aliphatic heterocycles. The molecule has 1 aliphatic rings. The van der Waals surface area contributed by atoms with Crippen LogP contribution < -0.4 is 0 Å². The topological polar surface area (TPSA) is 105 Å². The molecule has 0 saturated carbocycles. The predicted molar refractivity (Wildman–Crippen MR) is 83.1 cm³/mol. The van der Waals surface area contributed by atoms with Crippen LogP contribution in [0.2, 0.25) is 0 Å². The molecular weight excluding hydrogens is 316 g/mol. The van der Waals surface area contributed by atoms with E-state index in [-0.39, 0.29) is 31.0 Å². The number of rotatable bonds is 7. The van der Waals surface area contributed by atoms with Crippen LogP contribution in [-0.2, 0) is 25.7 Å². The summed E-state index contributed by atoms with van der Waals surface area (Å²) in [7, 11) is 0. The van der Waals surface area contributed by atoms with Crippen molar-refractivity contribution in [1.29, 1.82) is 0 Å². The van der Waals surface area contributed by atoms with Gasteiger partial charge in [-0.2, -0.15) is 5.10 Å². The van der Waals surface area contributed by atoms with Crippen molar-refractivity contribution in [3.8, 4) is 0 Å². The van der Waals surface area contributed by atoms with E-state index >= 15 is 0 Å². The Labute approximate surface area is 139 Å². The van der Waals surface area contributed by atoms with Gasteiger partial charge in [0, 0.05) is 51.9 Å². The third-order valence-electron chi connectivity index (χ3n) is 3.80. The van der Waals surface area contributed by atoms with E-state index in [4.69, 9.17) is 9.84 Å². The quantitative estimate of drug-likeness (QED) is 0.714. The summed E-state index contributed by atoms with van der Waals surface area (Å²) in [4.78, 5) is 37.5. The lowest BCUT2D eigenvalue weighted by Gasteiger charge is -2.35. The van der Waals surface area contributed by atoms with E-state index in [0.29, 0.717) is 32.7 Å². The summed E-state index contributed by atoms with van der Waals surface area (Å²) in [5.74, 6) is -1.41. The number of carboxylic acid groups (broad SMARTS) is 1. The van der Waals surface area contributed by atoms with E-state index in [9.17, 15) is 14.4 Å². The number of morpholine rings is 1. The van der Waals surface area contributed by atoms with Crippen molar-refractivity contribution in [3.05, 3.63) is 18.5 Å². The fourth-order valence-corrected chi connectivity index (χ4v) is 2.57. The van der Waals surface area contributed by atoms with Crippen LogP contribution in [0.5, 0.6) is 0 Å². The van der Waals surface area contributed by atoms with Crippen molar-refractivity contribution >= 4 is 17.8 Å². The Morgan fingerprint density at radius 1 is 1.42 bits per heavy atom. The summed E-state index contributed by atoms with van der Waals surface area (Å²) in [6.07, 6.45) is 3.41. The predicted octanol–water partition coefficient (Wildman–Crippen LogP) is -0.566. The highest BCUT2D eigenvalue weighted by atomic mass is 16.5. The molecule has 2 amide bonds. The van der Waals surface area contributed by atoms with E-state index in [0.717, 1.165) is 0 Å². The van der Waals surface area contributed by atoms with Crippen molar-refractivity contribution in [2.75, 3.05) is 32.8 Å². The first-order chi connectivity index (χ1) is 11.5. The standard InChI is InChI=1S/C15H22N4O5/c1-12(20)18(11-15(22)23)10-13-9-17(7-8-24-13)14(21)3-6-19-5-2-4-16-19/h2,4-5,13H,3,6-11H2,1H3,(H,22,23). The van der Waals surface area contributed by atoms with Gasteiger partial charge in [-0.3, -0.25) is 19.1 Å². The van der Waals surface area contributed by atoms with Crippen LogP contribution in [0.1, 0.15) is 13.3 Å². The number of hydrogen-bond donors (Lipinski definition) is 1. The summed E-state index contributed by atoms with van der Waals surface area (Å²) < 4.78 is 7.27. The fraction of sp³-hybridized carbons (Fsp3) is 0.600. The molecule has 0 bridgehead atoms. The van der Waals surface area contributed by atoms with Gasteiger partial charge in [0.1, 0.15) is 6.54 Å². The summed E-state index contributed by atoms with van der Waals surface area (Å²) >= 11 is 0. The van der Waals surface area contributed by atoms with Crippen LogP contribution >= 0.6 is 0 Å². The number of amides is 2. The Hall–Kier alpha value is -2.42. The molecular formula is C15H22N4O5. The molecule has 132 valence electrons. The van der Waals surface area contributed by atoms with Gasteiger partial charge in [0.25, 0.3) is 0 Å². The Morgan fingerprint density at radius 2 is 2.21 bits per heavy atom. The van der Waals surface area contributed by atoms with Crippen LogP contribution in [0.3, 0.4) is 0 Å². The van der Waals surface area contributed by atoms with Crippen LogP contribution in [0.4, 0.5) is 0 Å². The molecule has 1 N–H and O–H groups in total. The molecule has 9 heteroatoms. The zero-order valence-electron chi connectivity index (χ0n) is 13.6. The smallest absolute Gasteiger partial charge is 0.323 e. The van der Waals surface area contributed by atoms with Gasteiger partial charge < -0.3 is 19.6 Å². The van der Waals surface area contributed by atoms with Crippen molar-refractivity contribution < 1.29 is 24.2 Å². The van der Waals surface area contributed by atoms with Crippen molar-refractivity contribution in [1.82, 2.24) is 19.6 Å². The maximum atomic E-state index is 12.3. The van der Waals surface area contributed by atoms with Gasteiger partial charge in [0.15, 0.2) is 0 Å². The molecule has 1 unspecified atom stereocenters. The average molecular weight is 338 g/mol. The molecule has 24 heavy (non-hydrogen) atoms. The normalized spacial score (nSPS) is 17.5. The molecule has 1 fully saturated rings. The minimum Gasteiger partial charge on any atom is -0.480 e. The Morgan fingerprint density at radius 3 is 2.83 bits per heavy atom. The Bertz CT molecular complexity index is 574. The Kier molecular flexibility index (Phi) is 6.30. The minimum atomic E-state index is -1.08. The van der Waals surface area contributed by atoms with E-state index < -0.39 is 5.97 Å². The summed E-state index contributed by atoms with van der Waals surface area (Å²) in [6, 6.07) is 1.80. The highest BCUT2D eigenvalue weighted by molar-refractivity contribution is 5.79. The first-order valence-electron chi connectivity index (χ1n) is 7.80. The molecule has 0 spiro atoms. The van der Waals surface area contributed by atoms with E-state index in [1.165, 1.54) is 11.8 Å². The van der Waals surface area contributed by atoms with Gasteiger partial charge in [-0.25, -0.2) is 0 Å². The molecule has 1 aromatic heterocycles. The number of carbonyl (C=O) groups excluding carboxylic acids is 2. The number of aromatic nitrogens is 2. The maximum Gasteiger partial charge on any atom is 0.323 e. The summed E-state index contributed by atoms with van der Waals surface area (Å²) in [5.41, 5.74) is 0. The minimum absolute atomic E-state index is 0.00795. The van der Waals surface area contributed by atoms with Gasteiger partial charge in [0.2, 0.25) is 11.8 Å². The highest BCUT2D eigenvalue weighted by Crippen LogP contribution is 2.09. The Balaban J connectivity index is 1.84. The monoisotopic (exact) mass is 338 g/mol. The lowest BCUT2D eigenvalue weighted by atomic mass is 10.2. The molecule has 1 saturated heterocycles. The van der Waals surface area contributed by atoms with E-state index in [1.807, 2.05) is 0 Å². The second-order valence-electron chi connectivity index (χ2n) is 5.64. The van der Waals surface area contributed by atoms with Crippen molar-refractivity contribution in [2.45, 2.75) is 26.0 Å². The highest BCUT2D eigenvalue weighted by Gasteiger charge is 2.27. The molecule has 0 aromatic carbocycles. The van der Waals surface area contributed by atoms with Crippen LogP contribution in [-0.4, -0.2) is 81.4 Å². The number of aryl methyl sites for hydroxylation is 1. The number of hydrogen-bond acceptors (Lipinski definition) is 5. The summed E-state index contributed by atoms with van der Waals surface area (Å²) in [6.45, 7) is 2.82. The lowest BCUT2D eigenvalue weighted by Crippen LogP contribution is -2.51. The summed E-state index contributed by atoms with van der Waals surface area (Å²) in [5, 5.41) is 12.9. The molecule has 0 radical (unpaired) electrons. The SMILES string of the molecule is CC(=O)N(CC(=O)O)CC1CN(C(=O)CCn2cccn2)CCO1. The van der Waals surface area contributed by atoms with Gasteiger partial charge in [0.05, 0.1) is 12.7 Å². The third kappa shape index (κ3) is 5.34. The molecule has 1 atom stereocenters. The first-order valence-corrected chi connectivity index (χ1v) is 7.80. The molecule has 2 heterocycles. The van der Waals surface area contributed by atoms with Crippen LogP contribution in [0.25, 0.3) is 0 Å². The van der Waals surface area contributed by atoms with Gasteiger partial charge in [-0.15, -0.1) is 0 Å². The fourth-order valence-electron chi connectivity index (χ4n) is 2.57. The van der Waals surface area contributed by atoms with Crippen molar-refractivity contribution in [2.24, 2.45) is 0 Å². The molecule has 0 aliphatic carbocycles. The maximum absolute atomic E-state index is 12.3. The number of ether oxygens (including phenoxy) is 1. The lowest BCUT2D eigenvalue weighted by molar-refractivity contribution is -0.148. The second kappa shape index (κ2) is 8.44. The van der Waals surface area contributed by atoms with Crippen LogP contribution in [0.15, 0.2) is 18.5 Å². The number of carboxylic acids is 1. The first kappa shape index (κ1) is 17.9. The second-order valence-corrected chi connectivity index (χ2v) is 5.64. The third-order valence-corrected chi connectivity index (χ3v) is 3.80. The molecule has 2 rings (SSSR count). The zero-order chi connectivity index (χ0) is 17.5. The largest absolute Gasteiger partial charge is 0.480 e. The number of carbonyl (C=O) groups is 3. The van der Waals surface area contributed by atoms with Gasteiger partial charge in [-0.1, -0.05) is 0 Å². The van der Waals surface area contributed by atoms with Gasteiger partial charge >= 0.3 is 5.97 Å². The van der Waals surface area contributed by atoms with E-state index in [2.05, 4.69) is 5.10 Å².